The average molecular weight is 392 g/mol. The third-order valence-corrected chi connectivity index (χ3v) is 4.43. The van der Waals surface area contributed by atoms with Gasteiger partial charge in [-0.15, -0.1) is 0 Å². The van der Waals surface area contributed by atoms with Crippen LogP contribution in [0.4, 0.5) is 0 Å². The number of benzene rings is 2. The van der Waals surface area contributed by atoms with Gasteiger partial charge in [-0.1, -0.05) is 46.7 Å². The van der Waals surface area contributed by atoms with Gasteiger partial charge in [0.05, 0.1) is 13.3 Å². The van der Waals surface area contributed by atoms with Crippen LogP contribution in [-0.4, -0.2) is 35.7 Å². The van der Waals surface area contributed by atoms with Gasteiger partial charge in [0.1, 0.15) is 19.0 Å². The van der Waals surface area contributed by atoms with Crippen molar-refractivity contribution in [2.75, 3.05) is 14.2 Å². The van der Waals surface area contributed by atoms with Crippen LogP contribution in [0.2, 0.25) is 0 Å². The molecule has 150 valence electrons. The van der Waals surface area contributed by atoms with E-state index in [0.717, 1.165) is 22.4 Å². The average Bonchev–Trinajstić information content (AvgIpc) is 3.18. The molecule has 3 aromatic rings. The maximum absolute atomic E-state index is 5.65. The predicted octanol–water partition coefficient (Wildman–Crippen LogP) is 3.94. The maximum Gasteiger partial charge on any atom is 0.162 e. The highest BCUT2D eigenvalue weighted by atomic mass is 16.6. The van der Waals surface area contributed by atoms with Gasteiger partial charge in [0.15, 0.2) is 11.5 Å². The van der Waals surface area contributed by atoms with Gasteiger partial charge in [0.2, 0.25) is 0 Å². The standard InChI is InChI=1S/C22H24N4O3/c1-16(17-9-11-19(27-3)12-10-17)29-24-15-18-7-5-6-8-20(18)21(25-28-4)22-23-13-14-26(22)2/h5-16H,1-4H3/b24-15+,25-21+. The van der Waals surface area contributed by atoms with Crippen LogP contribution in [-0.2, 0) is 16.7 Å². The Labute approximate surface area is 170 Å². The minimum absolute atomic E-state index is 0.203. The lowest BCUT2D eigenvalue weighted by Crippen LogP contribution is -2.13. The monoisotopic (exact) mass is 392 g/mol. The fourth-order valence-electron chi connectivity index (χ4n) is 2.84. The molecule has 0 radical (unpaired) electrons. The minimum Gasteiger partial charge on any atom is -0.497 e. The van der Waals surface area contributed by atoms with E-state index < -0.39 is 0 Å². The zero-order chi connectivity index (χ0) is 20.6. The Bertz CT molecular complexity index is 993. The molecule has 1 aromatic heterocycles. The Morgan fingerprint density at radius 3 is 2.52 bits per heavy atom. The molecule has 0 N–H and O–H groups in total. The van der Waals surface area contributed by atoms with E-state index in [1.807, 2.05) is 73.3 Å². The number of imidazole rings is 1. The molecule has 0 saturated carbocycles. The second kappa shape index (κ2) is 9.54. The van der Waals surface area contributed by atoms with Gasteiger partial charge >= 0.3 is 0 Å². The van der Waals surface area contributed by atoms with Gasteiger partial charge in [0, 0.05) is 30.6 Å². The first-order valence-corrected chi connectivity index (χ1v) is 9.15. The highest BCUT2D eigenvalue weighted by Crippen LogP contribution is 2.20. The number of aryl methyl sites for hydroxylation is 1. The van der Waals surface area contributed by atoms with Crippen molar-refractivity contribution in [3.63, 3.8) is 0 Å². The molecule has 0 fully saturated rings. The third kappa shape index (κ3) is 4.82. The molecule has 0 aliphatic carbocycles. The number of nitrogens with zero attached hydrogens (tertiary/aromatic N) is 4. The number of rotatable bonds is 8. The van der Waals surface area contributed by atoms with E-state index >= 15 is 0 Å². The molecule has 0 bridgehead atoms. The van der Waals surface area contributed by atoms with Gasteiger partial charge in [-0.25, -0.2) is 4.98 Å². The molecule has 1 unspecified atom stereocenters. The second-order valence-electron chi connectivity index (χ2n) is 6.33. The van der Waals surface area contributed by atoms with Gasteiger partial charge < -0.3 is 19.0 Å². The highest BCUT2D eigenvalue weighted by molar-refractivity contribution is 6.14. The number of hydrogen-bond acceptors (Lipinski definition) is 6. The van der Waals surface area contributed by atoms with Gasteiger partial charge in [-0.3, -0.25) is 0 Å². The topological polar surface area (TPSA) is 70.2 Å². The van der Waals surface area contributed by atoms with Crippen LogP contribution in [0.5, 0.6) is 5.75 Å². The normalized spacial score (nSPS) is 12.8. The molecular weight excluding hydrogens is 368 g/mol. The third-order valence-electron chi connectivity index (χ3n) is 4.43. The smallest absolute Gasteiger partial charge is 0.162 e. The van der Waals surface area contributed by atoms with Gasteiger partial charge in [0.25, 0.3) is 0 Å². The van der Waals surface area contributed by atoms with E-state index in [1.165, 1.54) is 7.11 Å². The molecule has 3 rings (SSSR count). The summed E-state index contributed by atoms with van der Waals surface area (Å²) in [5.41, 5.74) is 3.30. The Kier molecular flexibility index (Phi) is 6.63. The van der Waals surface area contributed by atoms with Crippen molar-refractivity contribution in [3.8, 4) is 5.75 Å². The molecule has 0 spiro atoms. The van der Waals surface area contributed by atoms with Crippen LogP contribution >= 0.6 is 0 Å². The van der Waals surface area contributed by atoms with E-state index in [9.17, 15) is 0 Å². The summed E-state index contributed by atoms with van der Waals surface area (Å²) in [6.07, 6.45) is 5.04. The van der Waals surface area contributed by atoms with Gasteiger partial charge in [-0.05, 0) is 24.6 Å². The fourth-order valence-corrected chi connectivity index (χ4v) is 2.84. The largest absolute Gasteiger partial charge is 0.497 e. The van der Waals surface area contributed by atoms with Crippen molar-refractivity contribution < 1.29 is 14.4 Å². The van der Waals surface area contributed by atoms with Crippen LogP contribution < -0.4 is 4.74 Å². The summed E-state index contributed by atoms with van der Waals surface area (Å²) in [6.45, 7) is 1.94. The van der Waals surface area contributed by atoms with Crippen molar-refractivity contribution in [2.24, 2.45) is 17.4 Å². The van der Waals surface area contributed by atoms with Gasteiger partial charge in [-0.2, -0.15) is 0 Å². The first-order valence-electron chi connectivity index (χ1n) is 9.15. The number of hydrogen-bond donors (Lipinski definition) is 0. The number of methoxy groups -OCH3 is 1. The summed E-state index contributed by atoms with van der Waals surface area (Å²) in [7, 11) is 5.06. The van der Waals surface area contributed by atoms with Crippen LogP contribution in [0.3, 0.4) is 0 Å². The zero-order valence-electron chi connectivity index (χ0n) is 16.9. The van der Waals surface area contributed by atoms with E-state index in [1.54, 1.807) is 19.5 Å². The lowest BCUT2D eigenvalue weighted by molar-refractivity contribution is 0.0736. The molecule has 7 nitrogen and oxygen atoms in total. The molecule has 0 amide bonds. The summed E-state index contributed by atoms with van der Waals surface area (Å²) >= 11 is 0. The first-order chi connectivity index (χ1) is 14.1. The molecule has 2 aromatic carbocycles. The van der Waals surface area contributed by atoms with E-state index in [2.05, 4.69) is 15.3 Å². The molecule has 29 heavy (non-hydrogen) atoms. The van der Waals surface area contributed by atoms with E-state index in [0.29, 0.717) is 11.5 Å². The van der Waals surface area contributed by atoms with Crippen LogP contribution in [0.15, 0.2) is 71.2 Å². The zero-order valence-corrected chi connectivity index (χ0v) is 16.9. The minimum atomic E-state index is -0.203. The number of aromatic nitrogens is 2. The second-order valence-corrected chi connectivity index (χ2v) is 6.33. The number of oxime groups is 2. The van der Waals surface area contributed by atoms with Crippen molar-refractivity contribution >= 4 is 11.9 Å². The van der Waals surface area contributed by atoms with Crippen LogP contribution in [0.1, 0.15) is 35.5 Å². The maximum atomic E-state index is 5.65. The molecule has 1 heterocycles. The quantitative estimate of drug-likeness (QED) is 0.430. The van der Waals surface area contributed by atoms with Crippen molar-refractivity contribution in [1.82, 2.24) is 9.55 Å². The van der Waals surface area contributed by atoms with E-state index in [-0.39, 0.29) is 6.10 Å². The van der Waals surface area contributed by atoms with Crippen LogP contribution in [0, 0.1) is 0 Å². The summed E-state index contributed by atoms with van der Waals surface area (Å²) in [5, 5.41) is 8.37. The Balaban J connectivity index is 1.81. The van der Waals surface area contributed by atoms with Crippen LogP contribution in [0.25, 0.3) is 0 Å². The summed E-state index contributed by atoms with van der Waals surface area (Å²) in [4.78, 5) is 15.1. The SMILES string of the molecule is CO/N=C(\c1ccccc1/C=N/OC(C)c1ccc(OC)cc1)c1nccn1C. The van der Waals surface area contributed by atoms with E-state index in [4.69, 9.17) is 14.4 Å². The molecule has 0 saturated heterocycles. The Morgan fingerprint density at radius 1 is 1.10 bits per heavy atom. The predicted molar refractivity (Wildman–Crippen MR) is 112 cm³/mol. The molecule has 1 atom stereocenters. The fraction of sp³-hybridized carbons (Fsp3) is 0.227. The molecule has 0 aliphatic heterocycles. The Morgan fingerprint density at radius 2 is 1.86 bits per heavy atom. The summed E-state index contributed by atoms with van der Waals surface area (Å²) in [6, 6.07) is 15.5. The first kappa shape index (κ1) is 20.1. The lowest BCUT2D eigenvalue weighted by atomic mass is 10.0. The highest BCUT2D eigenvalue weighted by Gasteiger charge is 2.16. The summed E-state index contributed by atoms with van der Waals surface area (Å²) < 4.78 is 7.07. The molecule has 7 heteroatoms. The van der Waals surface area contributed by atoms with Crippen molar-refractivity contribution in [1.29, 1.82) is 0 Å². The molecular formula is C22H24N4O3. The van der Waals surface area contributed by atoms with Crippen molar-refractivity contribution in [3.05, 3.63) is 83.4 Å². The van der Waals surface area contributed by atoms with Crippen molar-refractivity contribution in [2.45, 2.75) is 13.0 Å². The summed E-state index contributed by atoms with van der Waals surface area (Å²) in [5.74, 6) is 1.50. The lowest BCUT2D eigenvalue weighted by Gasteiger charge is -2.11. The Hall–Kier alpha value is -3.61. The molecule has 0 aliphatic rings. The number of ether oxygens (including phenoxy) is 1.